The lowest BCUT2D eigenvalue weighted by Crippen LogP contribution is -2.26. The number of aromatic nitrogens is 1. The average molecular weight is 588 g/mol. The van der Waals surface area contributed by atoms with Gasteiger partial charge in [-0.25, -0.2) is 9.78 Å². The summed E-state index contributed by atoms with van der Waals surface area (Å²) in [5.41, 5.74) is 17.2. The van der Waals surface area contributed by atoms with Crippen LogP contribution in [0.25, 0.3) is 21.3 Å². The van der Waals surface area contributed by atoms with Gasteiger partial charge in [-0.05, 0) is 53.7 Å². The number of amides is 1. The van der Waals surface area contributed by atoms with Crippen molar-refractivity contribution in [2.24, 2.45) is 11.3 Å². The van der Waals surface area contributed by atoms with E-state index in [9.17, 15) is 14.9 Å². The van der Waals surface area contributed by atoms with E-state index in [0.29, 0.717) is 32.3 Å². The minimum absolute atomic E-state index is 0.0788. The van der Waals surface area contributed by atoms with Crippen molar-refractivity contribution >= 4 is 61.3 Å². The second kappa shape index (κ2) is 10.8. The second-order valence-corrected chi connectivity index (χ2v) is 13.5. The highest BCUT2D eigenvalue weighted by atomic mass is 32.1. The number of ether oxygens (including phenoxy) is 1. The number of fused-ring (bicyclic) bond motifs is 2. The van der Waals surface area contributed by atoms with Gasteiger partial charge in [0.25, 0.3) is 5.91 Å². The van der Waals surface area contributed by atoms with Crippen LogP contribution in [0.5, 0.6) is 0 Å². The Morgan fingerprint density at radius 3 is 2.51 bits per heavy atom. The monoisotopic (exact) mass is 587 g/mol. The Morgan fingerprint density at radius 2 is 1.90 bits per heavy atom. The maximum atomic E-state index is 13.7. The molecule has 0 spiro atoms. The number of aryl methyl sites for hydroxylation is 1. The number of nitriles is 1. The molecule has 1 aliphatic rings. The van der Waals surface area contributed by atoms with Crippen LogP contribution in [0.2, 0.25) is 0 Å². The van der Waals surface area contributed by atoms with Crippen molar-refractivity contribution < 1.29 is 14.3 Å². The third kappa shape index (κ3) is 5.04. The molecule has 4 aromatic rings. The second-order valence-electron chi connectivity index (χ2n) is 11.4. The highest BCUT2D eigenvalue weighted by molar-refractivity contribution is 7.21. The molecule has 5 N–H and O–H groups in total. The number of nitrogens with two attached hydrogens (primary N) is 2. The molecule has 0 saturated heterocycles. The summed E-state index contributed by atoms with van der Waals surface area (Å²) in [7, 11) is 1.35. The van der Waals surface area contributed by atoms with Gasteiger partial charge in [-0.3, -0.25) is 4.79 Å². The SMILES string of the molecule is CCc1ccc(-c2c(C#N)c(N)nc3sc(C(=O)Nc4sc5c(c4C(=O)OC)CCC(C(C)(C)C)C5)c(N)c23)cc1. The van der Waals surface area contributed by atoms with Gasteiger partial charge < -0.3 is 21.5 Å². The number of rotatable bonds is 5. The van der Waals surface area contributed by atoms with E-state index in [1.54, 1.807) is 0 Å². The number of methoxy groups -OCH3 is 1. The molecular formula is C31H33N5O3S2. The standard InChI is InChI=1S/C31H33N5O3S2/c1-6-15-7-9-16(10-8-15)21-19(14-32)26(34)35-29-23(21)24(33)25(41-29)27(37)36-28-22(30(38)39-5)18-12-11-17(31(2,3)4)13-20(18)40-28/h7-10,17H,6,11-13,33H2,1-5H3,(H2,34,35)(H,36,37). The van der Waals surface area contributed by atoms with Crippen molar-refractivity contribution in [3.05, 3.63) is 56.3 Å². The van der Waals surface area contributed by atoms with E-state index in [0.717, 1.165) is 58.6 Å². The third-order valence-electron chi connectivity index (χ3n) is 7.98. The largest absolute Gasteiger partial charge is 0.465 e. The van der Waals surface area contributed by atoms with Gasteiger partial charge in [-0.2, -0.15) is 5.26 Å². The Balaban J connectivity index is 1.58. The summed E-state index contributed by atoms with van der Waals surface area (Å²) < 4.78 is 5.11. The van der Waals surface area contributed by atoms with E-state index in [4.69, 9.17) is 16.2 Å². The van der Waals surface area contributed by atoms with E-state index in [1.807, 2.05) is 24.3 Å². The zero-order valence-electron chi connectivity index (χ0n) is 23.8. The molecule has 1 unspecified atom stereocenters. The number of benzene rings is 1. The fourth-order valence-corrected chi connectivity index (χ4v) is 7.86. The molecule has 1 aromatic carbocycles. The highest BCUT2D eigenvalue weighted by Crippen LogP contribution is 2.46. The molecule has 212 valence electrons. The van der Waals surface area contributed by atoms with Crippen LogP contribution in [0.1, 0.15) is 75.7 Å². The Labute approximate surface area is 247 Å². The first kappa shape index (κ1) is 28.6. The Hall–Kier alpha value is -3.94. The predicted octanol–water partition coefficient (Wildman–Crippen LogP) is 6.81. The van der Waals surface area contributed by atoms with E-state index >= 15 is 0 Å². The zero-order valence-corrected chi connectivity index (χ0v) is 25.4. The first-order valence-corrected chi connectivity index (χ1v) is 15.2. The van der Waals surface area contributed by atoms with Crippen LogP contribution in [0.3, 0.4) is 0 Å². The van der Waals surface area contributed by atoms with Gasteiger partial charge in [0.2, 0.25) is 0 Å². The quantitative estimate of drug-likeness (QED) is 0.217. The number of nitrogen functional groups attached to an aromatic ring is 2. The summed E-state index contributed by atoms with van der Waals surface area (Å²) in [6, 6.07) is 10.0. The minimum Gasteiger partial charge on any atom is -0.465 e. The van der Waals surface area contributed by atoms with Crippen LogP contribution in [-0.2, 0) is 24.0 Å². The molecule has 0 bridgehead atoms. The third-order valence-corrected chi connectivity index (χ3v) is 10.2. The molecule has 0 fully saturated rings. The summed E-state index contributed by atoms with van der Waals surface area (Å²) in [6.45, 7) is 8.76. The molecule has 0 radical (unpaired) electrons. The van der Waals surface area contributed by atoms with Crippen LogP contribution < -0.4 is 16.8 Å². The van der Waals surface area contributed by atoms with Crippen LogP contribution in [-0.4, -0.2) is 24.0 Å². The van der Waals surface area contributed by atoms with Gasteiger partial charge in [0.15, 0.2) is 0 Å². The smallest absolute Gasteiger partial charge is 0.341 e. The molecule has 5 rings (SSSR count). The molecule has 8 nitrogen and oxygen atoms in total. The number of hydrogen-bond donors (Lipinski definition) is 3. The molecule has 1 atom stereocenters. The Bertz CT molecular complexity index is 1720. The Kier molecular flexibility index (Phi) is 7.53. The maximum absolute atomic E-state index is 13.7. The number of hydrogen-bond acceptors (Lipinski definition) is 9. The van der Waals surface area contributed by atoms with Crippen molar-refractivity contribution in [2.75, 3.05) is 23.9 Å². The van der Waals surface area contributed by atoms with E-state index in [2.05, 4.69) is 44.1 Å². The van der Waals surface area contributed by atoms with Gasteiger partial charge in [-0.15, -0.1) is 22.7 Å². The summed E-state index contributed by atoms with van der Waals surface area (Å²) in [5, 5.41) is 13.9. The van der Waals surface area contributed by atoms with Crippen LogP contribution >= 0.6 is 22.7 Å². The number of nitrogens with zero attached hydrogens (tertiary/aromatic N) is 2. The number of carbonyl (C=O) groups is 2. The zero-order chi connectivity index (χ0) is 29.6. The number of anilines is 3. The van der Waals surface area contributed by atoms with Gasteiger partial charge in [0, 0.05) is 15.8 Å². The van der Waals surface area contributed by atoms with Crippen LogP contribution in [0, 0.1) is 22.7 Å². The van der Waals surface area contributed by atoms with E-state index < -0.39 is 11.9 Å². The van der Waals surface area contributed by atoms with E-state index in [-0.39, 0.29) is 27.4 Å². The number of thiophene rings is 2. The number of nitrogens with one attached hydrogen (secondary N) is 1. The summed E-state index contributed by atoms with van der Waals surface area (Å²) in [5.74, 6) is -0.375. The van der Waals surface area contributed by atoms with Gasteiger partial charge in [0.05, 0.1) is 18.4 Å². The molecule has 0 aliphatic heterocycles. The molecule has 1 aliphatic carbocycles. The number of pyridine rings is 1. The fraction of sp³-hybridized carbons (Fsp3) is 0.355. The highest BCUT2D eigenvalue weighted by Gasteiger charge is 2.35. The van der Waals surface area contributed by atoms with Gasteiger partial charge in [-0.1, -0.05) is 52.0 Å². The molecule has 3 aromatic heterocycles. The summed E-state index contributed by atoms with van der Waals surface area (Å²) in [6.07, 6.45) is 3.43. The van der Waals surface area contributed by atoms with Gasteiger partial charge >= 0.3 is 5.97 Å². The molecule has 41 heavy (non-hydrogen) atoms. The molecular weight excluding hydrogens is 555 g/mol. The fourth-order valence-electron chi connectivity index (χ4n) is 5.54. The maximum Gasteiger partial charge on any atom is 0.341 e. The predicted molar refractivity (Wildman–Crippen MR) is 167 cm³/mol. The summed E-state index contributed by atoms with van der Waals surface area (Å²) >= 11 is 2.54. The molecule has 1 amide bonds. The molecule has 10 heteroatoms. The Morgan fingerprint density at radius 1 is 1.20 bits per heavy atom. The minimum atomic E-state index is -0.470. The lowest BCUT2D eigenvalue weighted by Gasteiger charge is -2.33. The normalized spacial score (nSPS) is 14.9. The summed E-state index contributed by atoms with van der Waals surface area (Å²) in [4.78, 5) is 32.8. The van der Waals surface area contributed by atoms with Gasteiger partial charge in [0.1, 0.15) is 32.2 Å². The van der Waals surface area contributed by atoms with Crippen molar-refractivity contribution in [3.8, 4) is 17.2 Å². The first-order chi connectivity index (χ1) is 19.5. The molecule has 3 heterocycles. The van der Waals surface area contributed by atoms with Crippen LogP contribution in [0.15, 0.2) is 24.3 Å². The van der Waals surface area contributed by atoms with Crippen molar-refractivity contribution in [3.63, 3.8) is 0 Å². The van der Waals surface area contributed by atoms with Crippen LogP contribution in [0.4, 0.5) is 16.5 Å². The first-order valence-electron chi connectivity index (χ1n) is 13.5. The number of esters is 1. The lowest BCUT2D eigenvalue weighted by molar-refractivity contribution is 0.0600. The van der Waals surface area contributed by atoms with Crippen molar-refractivity contribution in [1.82, 2.24) is 4.98 Å². The average Bonchev–Trinajstić information content (AvgIpc) is 3.47. The van der Waals surface area contributed by atoms with E-state index in [1.165, 1.54) is 18.4 Å². The van der Waals surface area contributed by atoms with Crippen molar-refractivity contribution in [2.45, 2.75) is 53.4 Å². The topological polar surface area (TPSA) is 144 Å². The molecule has 0 saturated carbocycles. The lowest BCUT2D eigenvalue weighted by atomic mass is 9.72. The van der Waals surface area contributed by atoms with Crippen molar-refractivity contribution in [1.29, 1.82) is 5.26 Å². The number of carbonyl (C=O) groups excluding carboxylic acids is 2.